The highest BCUT2D eigenvalue weighted by Crippen LogP contribution is 2.25. The van der Waals surface area contributed by atoms with Crippen LogP contribution < -0.4 is 5.32 Å². The lowest BCUT2D eigenvalue weighted by Crippen LogP contribution is -2.27. The van der Waals surface area contributed by atoms with Gasteiger partial charge in [-0.15, -0.1) is 22.7 Å². The quantitative estimate of drug-likeness (QED) is 0.524. The molecule has 0 aliphatic heterocycles. The van der Waals surface area contributed by atoms with Gasteiger partial charge in [-0.3, -0.25) is 9.20 Å². The van der Waals surface area contributed by atoms with E-state index in [4.69, 9.17) is 11.6 Å². The Morgan fingerprint density at radius 1 is 1.19 bits per heavy atom. The van der Waals surface area contributed by atoms with E-state index in [1.807, 2.05) is 59.5 Å². The molecule has 1 N–H and O–H groups in total. The molecule has 0 fully saturated rings. The Hall–Kier alpha value is -2.22. The van der Waals surface area contributed by atoms with Crippen molar-refractivity contribution in [3.63, 3.8) is 0 Å². The molecule has 0 aliphatic rings. The van der Waals surface area contributed by atoms with Crippen molar-refractivity contribution < 1.29 is 4.79 Å². The van der Waals surface area contributed by atoms with Crippen molar-refractivity contribution in [2.45, 2.75) is 19.9 Å². The molecule has 0 aliphatic carbocycles. The number of fused-ring (bicyclic) bond motifs is 1. The average molecular weight is 403 g/mol. The van der Waals surface area contributed by atoms with Gasteiger partial charge in [0.1, 0.15) is 5.69 Å². The van der Waals surface area contributed by atoms with Crippen LogP contribution in [0.15, 0.2) is 41.2 Å². The zero-order valence-corrected chi connectivity index (χ0v) is 16.5. The predicted molar refractivity (Wildman–Crippen MR) is 106 cm³/mol. The first-order valence-corrected chi connectivity index (χ1v) is 10.1. The fourth-order valence-electron chi connectivity index (χ4n) is 2.63. The summed E-state index contributed by atoms with van der Waals surface area (Å²) in [5.74, 6) is -0.144. The topological polar surface area (TPSA) is 59.3 Å². The molecule has 1 atom stereocenters. The SMILES string of the molecule is Cc1nc([C@H](C)NC(=O)c2csc3nc(-c4ccc(Cl)cc4)cn23)cs1. The van der Waals surface area contributed by atoms with Crippen LogP contribution in [-0.4, -0.2) is 20.3 Å². The van der Waals surface area contributed by atoms with Crippen molar-refractivity contribution in [1.82, 2.24) is 19.7 Å². The lowest BCUT2D eigenvalue weighted by Gasteiger charge is -2.10. The maximum absolute atomic E-state index is 12.7. The van der Waals surface area contributed by atoms with Gasteiger partial charge < -0.3 is 5.32 Å². The van der Waals surface area contributed by atoms with Gasteiger partial charge in [0.05, 0.1) is 22.4 Å². The minimum Gasteiger partial charge on any atom is -0.343 e. The summed E-state index contributed by atoms with van der Waals surface area (Å²) in [6, 6.07) is 7.34. The second-order valence-electron chi connectivity index (χ2n) is 5.89. The van der Waals surface area contributed by atoms with E-state index in [0.29, 0.717) is 10.7 Å². The molecule has 0 bridgehead atoms. The molecule has 0 saturated carbocycles. The summed E-state index contributed by atoms with van der Waals surface area (Å²) in [4.78, 5) is 22.5. The molecule has 5 nitrogen and oxygen atoms in total. The third-order valence-corrected chi connectivity index (χ3v) is 5.89. The summed E-state index contributed by atoms with van der Waals surface area (Å²) in [5.41, 5.74) is 3.21. The van der Waals surface area contributed by atoms with E-state index < -0.39 is 0 Å². The number of thiazole rings is 2. The Kier molecular flexibility index (Phi) is 4.52. The van der Waals surface area contributed by atoms with Crippen molar-refractivity contribution in [1.29, 1.82) is 0 Å². The monoisotopic (exact) mass is 402 g/mol. The number of amides is 1. The number of imidazole rings is 1. The standard InChI is InChI=1S/C18H15ClN4OS2/c1-10(15-8-25-11(2)21-15)20-17(24)16-9-26-18-22-14(7-23(16)18)12-3-5-13(19)6-4-12/h3-10H,1-2H3,(H,20,24)/t10-/m0/s1. The van der Waals surface area contributed by atoms with Crippen LogP contribution in [0, 0.1) is 6.92 Å². The van der Waals surface area contributed by atoms with E-state index in [0.717, 1.165) is 26.9 Å². The van der Waals surface area contributed by atoms with Gasteiger partial charge >= 0.3 is 0 Å². The van der Waals surface area contributed by atoms with Crippen LogP contribution in [0.5, 0.6) is 0 Å². The van der Waals surface area contributed by atoms with E-state index in [-0.39, 0.29) is 11.9 Å². The molecule has 3 aromatic heterocycles. The van der Waals surface area contributed by atoms with Crippen molar-refractivity contribution >= 4 is 45.1 Å². The first kappa shape index (κ1) is 17.2. The molecular formula is C18H15ClN4OS2. The van der Waals surface area contributed by atoms with Gasteiger partial charge in [0.25, 0.3) is 5.91 Å². The Labute approximate surface area is 163 Å². The average Bonchev–Trinajstić information content (AvgIpc) is 3.30. The van der Waals surface area contributed by atoms with Gasteiger partial charge in [-0.1, -0.05) is 23.7 Å². The molecule has 1 amide bonds. The smallest absolute Gasteiger partial charge is 0.269 e. The van der Waals surface area contributed by atoms with Crippen molar-refractivity contribution in [2.24, 2.45) is 0 Å². The van der Waals surface area contributed by atoms with E-state index >= 15 is 0 Å². The first-order valence-electron chi connectivity index (χ1n) is 7.96. The van der Waals surface area contributed by atoms with Crippen molar-refractivity contribution in [3.05, 3.63) is 62.6 Å². The number of carbonyl (C=O) groups is 1. The number of nitrogens with zero attached hydrogens (tertiary/aromatic N) is 3. The highest BCUT2D eigenvalue weighted by atomic mass is 35.5. The highest BCUT2D eigenvalue weighted by molar-refractivity contribution is 7.15. The Morgan fingerprint density at radius 2 is 1.96 bits per heavy atom. The van der Waals surface area contributed by atoms with E-state index in [2.05, 4.69) is 15.3 Å². The number of carbonyl (C=O) groups excluding carboxylic acids is 1. The van der Waals surface area contributed by atoms with Crippen LogP contribution >= 0.6 is 34.3 Å². The molecule has 0 saturated heterocycles. The van der Waals surface area contributed by atoms with Gasteiger partial charge in [0, 0.05) is 27.5 Å². The number of halogens is 1. The lowest BCUT2D eigenvalue weighted by molar-refractivity contribution is 0.0933. The van der Waals surface area contributed by atoms with Crippen molar-refractivity contribution in [3.8, 4) is 11.3 Å². The summed E-state index contributed by atoms with van der Waals surface area (Å²) >= 11 is 8.96. The van der Waals surface area contributed by atoms with Crippen LogP contribution in [0.25, 0.3) is 16.2 Å². The van der Waals surface area contributed by atoms with Crippen LogP contribution in [0.1, 0.15) is 34.2 Å². The first-order chi connectivity index (χ1) is 12.5. The molecule has 0 radical (unpaired) electrons. The molecule has 1 aromatic carbocycles. The number of aromatic nitrogens is 3. The van der Waals surface area contributed by atoms with Gasteiger partial charge in [-0.25, -0.2) is 9.97 Å². The van der Waals surface area contributed by atoms with Gasteiger partial charge in [-0.05, 0) is 26.0 Å². The van der Waals surface area contributed by atoms with Crippen LogP contribution in [0.2, 0.25) is 5.02 Å². The third kappa shape index (κ3) is 3.25. The Morgan fingerprint density at radius 3 is 2.65 bits per heavy atom. The molecule has 132 valence electrons. The molecule has 4 aromatic rings. The molecule has 3 heterocycles. The van der Waals surface area contributed by atoms with Crippen LogP contribution in [0.4, 0.5) is 0 Å². The van der Waals surface area contributed by atoms with E-state index in [1.165, 1.54) is 11.3 Å². The molecule has 4 rings (SSSR count). The maximum atomic E-state index is 12.7. The zero-order chi connectivity index (χ0) is 18.3. The van der Waals surface area contributed by atoms with E-state index in [9.17, 15) is 4.79 Å². The lowest BCUT2D eigenvalue weighted by atomic mass is 10.2. The summed E-state index contributed by atoms with van der Waals surface area (Å²) in [5, 5.41) is 8.47. The maximum Gasteiger partial charge on any atom is 0.269 e. The zero-order valence-electron chi connectivity index (χ0n) is 14.1. The van der Waals surface area contributed by atoms with Gasteiger partial charge in [0.15, 0.2) is 4.96 Å². The minimum atomic E-state index is -0.151. The minimum absolute atomic E-state index is 0.144. The van der Waals surface area contributed by atoms with Gasteiger partial charge in [-0.2, -0.15) is 0 Å². The number of hydrogen-bond acceptors (Lipinski definition) is 5. The fourth-order valence-corrected chi connectivity index (χ4v) is 4.32. The number of nitrogens with one attached hydrogen (secondary N) is 1. The molecule has 0 unspecified atom stereocenters. The number of hydrogen-bond donors (Lipinski definition) is 1. The summed E-state index contributed by atoms with van der Waals surface area (Å²) in [6.45, 7) is 3.89. The number of benzene rings is 1. The van der Waals surface area contributed by atoms with Crippen molar-refractivity contribution in [2.75, 3.05) is 0 Å². The van der Waals surface area contributed by atoms with Crippen LogP contribution in [-0.2, 0) is 0 Å². The van der Waals surface area contributed by atoms with E-state index in [1.54, 1.807) is 11.3 Å². The molecular weight excluding hydrogens is 388 g/mol. The number of aryl methyl sites for hydroxylation is 1. The predicted octanol–water partition coefficient (Wildman–Crippen LogP) is 4.97. The fraction of sp³-hybridized carbons (Fsp3) is 0.167. The Balaban J connectivity index is 1.60. The second kappa shape index (κ2) is 6.83. The summed E-state index contributed by atoms with van der Waals surface area (Å²) < 4.78 is 1.82. The molecule has 8 heteroatoms. The third-order valence-electron chi connectivity index (χ3n) is 4.01. The summed E-state index contributed by atoms with van der Waals surface area (Å²) in [6.07, 6.45) is 1.88. The second-order valence-corrected chi connectivity index (χ2v) is 8.23. The van der Waals surface area contributed by atoms with Gasteiger partial charge in [0.2, 0.25) is 0 Å². The molecule has 0 spiro atoms. The Bertz CT molecular complexity index is 1080. The highest BCUT2D eigenvalue weighted by Gasteiger charge is 2.18. The number of rotatable bonds is 4. The largest absolute Gasteiger partial charge is 0.343 e. The molecule has 26 heavy (non-hydrogen) atoms. The summed E-state index contributed by atoms with van der Waals surface area (Å²) in [7, 11) is 0. The van der Waals surface area contributed by atoms with Crippen LogP contribution in [0.3, 0.4) is 0 Å². The normalized spacial score (nSPS) is 12.4.